The molecule has 10 heavy (non-hydrogen) atoms. The lowest BCUT2D eigenvalue weighted by atomic mass is 10.4. The molecule has 0 aliphatic heterocycles. The van der Waals surface area contributed by atoms with Crippen molar-refractivity contribution in [1.29, 1.82) is 0 Å². The minimum Gasteiger partial charge on any atom is -0.316 e. The molecule has 1 rings (SSSR count). The molecule has 0 radical (unpaired) electrons. The van der Waals surface area contributed by atoms with E-state index in [1.54, 1.807) is 6.92 Å². The van der Waals surface area contributed by atoms with Crippen molar-refractivity contribution in [1.82, 2.24) is 4.98 Å². The van der Waals surface area contributed by atoms with Crippen molar-refractivity contribution in [2.75, 3.05) is 0 Å². The van der Waals surface area contributed by atoms with Crippen molar-refractivity contribution in [3.05, 3.63) is 20.2 Å². The molecule has 0 saturated heterocycles. The number of nitrogens with one attached hydrogen (secondary N) is 1. The van der Waals surface area contributed by atoms with E-state index in [0.29, 0.717) is 10.6 Å². The molecule has 3 nitrogen and oxygen atoms in total. The van der Waals surface area contributed by atoms with Gasteiger partial charge in [-0.25, -0.2) is 0 Å². The summed E-state index contributed by atoms with van der Waals surface area (Å²) < 4.78 is 0. The van der Waals surface area contributed by atoms with E-state index in [4.69, 9.17) is 11.6 Å². The largest absolute Gasteiger partial charge is 0.316 e. The maximum absolute atomic E-state index is 10.6. The molecule has 1 aromatic heterocycles. The van der Waals surface area contributed by atoms with Crippen LogP contribution in [0, 0.1) is 6.92 Å². The number of hydrogen-bond acceptors (Lipinski definition) is 3. The third-order valence-corrected chi connectivity index (χ3v) is 2.29. The Morgan fingerprint density at radius 3 is 2.50 bits per heavy atom. The Morgan fingerprint density at radius 1 is 1.70 bits per heavy atom. The molecule has 1 heterocycles. The Kier molecular flexibility index (Phi) is 1.92. The molecule has 0 fully saturated rings. The van der Waals surface area contributed by atoms with Crippen molar-refractivity contribution >= 4 is 28.2 Å². The van der Waals surface area contributed by atoms with Crippen molar-refractivity contribution < 1.29 is 4.79 Å². The topological polar surface area (TPSA) is 49.9 Å². The maximum atomic E-state index is 10.6. The molecule has 0 unspecified atom stereocenters. The third-order valence-electron chi connectivity index (χ3n) is 1.00. The highest BCUT2D eigenvalue weighted by molar-refractivity contribution is 7.13. The summed E-state index contributed by atoms with van der Waals surface area (Å²) in [7, 11) is 0. The third kappa shape index (κ3) is 1.27. The Hall–Kier alpha value is -0.610. The average molecular weight is 178 g/mol. The van der Waals surface area contributed by atoms with Gasteiger partial charge in [0.2, 0.25) is 0 Å². The zero-order valence-corrected chi connectivity index (χ0v) is 6.68. The van der Waals surface area contributed by atoms with Crippen LogP contribution >= 0.6 is 22.9 Å². The Labute approximate surface area is 65.6 Å². The molecule has 0 aliphatic rings. The number of halogens is 1. The monoisotopic (exact) mass is 177 g/mol. The highest BCUT2D eigenvalue weighted by Crippen LogP contribution is 2.10. The second kappa shape index (κ2) is 2.56. The predicted molar refractivity (Wildman–Crippen MR) is 39.9 cm³/mol. The van der Waals surface area contributed by atoms with Crippen LogP contribution in [0.2, 0.25) is 0 Å². The zero-order valence-electron chi connectivity index (χ0n) is 5.10. The minimum absolute atomic E-state index is 0.249. The summed E-state index contributed by atoms with van der Waals surface area (Å²) in [5.74, 6) is 0. The first-order valence-corrected chi connectivity index (χ1v) is 3.70. The first-order chi connectivity index (χ1) is 4.61. The number of rotatable bonds is 1. The van der Waals surface area contributed by atoms with Gasteiger partial charge in [-0.3, -0.25) is 9.59 Å². The predicted octanol–water partition coefficient (Wildman–Crippen LogP) is 1.12. The van der Waals surface area contributed by atoms with Gasteiger partial charge in [-0.1, -0.05) is 11.3 Å². The van der Waals surface area contributed by atoms with Crippen molar-refractivity contribution in [2.45, 2.75) is 6.92 Å². The van der Waals surface area contributed by atoms with E-state index in [2.05, 4.69) is 4.98 Å². The number of H-pyrrole nitrogens is 1. The molecule has 1 N–H and O–H groups in total. The van der Waals surface area contributed by atoms with Crippen molar-refractivity contribution in [3.8, 4) is 0 Å². The van der Waals surface area contributed by atoms with E-state index in [9.17, 15) is 9.59 Å². The van der Waals surface area contributed by atoms with Gasteiger partial charge in [0.05, 0.1) is 0 Å². The van der Waals surface area contributed by atoms with Gasteiger partial charge in [0.1, 0.15) is 4.88 Å². The van der Waals surface area contributed by atoms with Gasteiger partial charge in [0.25, 0.3) is 5.24 Å². The van der Waals surface area contributed by atoms with Crippen LogP contribution in [0.15, 0.2) is 4.79 Å². The standard InChI is InChI=1S/C5H4ClNO2S/c1-2-3(4(6)8)10-5(9)7-2/h1H3,(H,7,9). The summed E-state index contributed by atoms with van der Waals surface area (Å²) >= 11 is 5.96. The van der Waals surface area contributed by atoms with Crippen LogP contribution in [0.1, 0.15) is 15.4 Å². The molecule has 5 heteroatoms. The van der Waals surface area contributed by atoms with Gasteiger partial charge in [0, 0.05) is 5.69 Å². The number of aromatic nitrogens is 1. The molecular weight excluding hydrogens is 174 g/mol. The van der Waals surface area contributed by atoms with E-state index in [-0.39, 0.29) is 4.87 Å². The van der Waals surface area contributed by atoms with Gasteiger partial charge in [-0.15, -0.1) is 0 Å². The maximum Gasteiger partial charge on any atom is 0.305 e. The Balaban J connectivity index is 3.28. The van der Waals surface area contributed by atoms with Crippen LogP contribution in [0.5, 0.6) is 0 Å². The molecule has 0 saturated carbocycles. The smallest absolute Gasteiger partial charge is 0.305 e. The van der Waals surface area contributed by atoms with Crippen LogP contribution in [0.3, 0.4) is 0 Å². The molecular formula is C5H4ClNO2S. The van der Waals surface area contributed by atoms with Crippen molar-refractivity contribution in [3.63, 3.8) is 0 Å². The fourth-order valence-electron chi connectivity index (χ4n) is 0.592. The summed E-state index contributed by atoms with van der Waals surface area (Å²) in [5, 5.41) is -0.583. The number of thiazole rings is 1. The average Bonchev–Trinajstić information content (AvgIpc) is 2.10. The molecule has 0 bridgehead atoms. The van der Waals surface area contributed by atoms with Crippen LogP contribution < -0.4 is 4.87 Å². The normalized spacial score (nSPS) is 9.80. The highest BCUT2D eigenvalue weighted by atomic mass is 35.5. The summed E-state index contributed by atoms with van der Waals surface area (Å²) in [6.45, 7) is 1.63. The lowest BCUT2D eigenvalue weighted by Gasteiger charge is -1.84. The second-order valence-electron chi connectivity index (χ2n) is 1.74. The fraction of sp³-hybridized carbons (Fsp3) is 0.200. The molecule has 54 valence electrons. The number of aryl methyl sites for hydroxylation is 1. The van der Waals surface area contributed by atoms with Crippen LogP contribution in [-0.2, 0) is 0 Å². The lowest BCUT2D eigenvalue weighted by molar-refractivity contribution is 0.108. The fourth-order valence-corrected chi connectivity index (χ4v) is 1.52. The molecule has 0 aromatic carbocycles. The molecule has 0 amide bonds. The molecule has 0 atom stereocenters. The lowest BCUT2D eigenvalue weighted by Crippen LogP contribution is -1.91. The van der Waals surface area contributed by atoms with E-state index in [0.717, 1.165) is 11.3 Å². The van der Waals surface area contributed by atoms with Gasteiger partial charge in [-0.2, -0.15) is 0 Å². The summed E-state index contributed by atoms with van der Waals surface area (Å²) in [6.07, 6.45) is 0. The number of aromatic amines is 1. The van der Waals surface area contributed by atoms with E-state index in [1.807, 2.05) is 0 Å². The highest BCUT2D eigenvalue weighted by Gasteiger charge is 2.09. The Bertz CT molecular complexity index is 314. The van der Waals surface area contributed by atoms with Gasteiger partial charge in [0.15, 0.2) is 0 Å². The number of hydrogen-bond donors (Lipinski definition) is 1. The van der Waals surface area contributed by atoms with Gasteiger partial charge in [-0.05, 0) is 18.5 Å². The van der Waals surface area contributed by atoms with Crippen molar-refractivity contribution in [2.24, 2.45) is 0 Å². The van der Waals surface area contributed by atoms with Gasteiger partial charge < -0.3 is 4.98 Å². The number of carbonyl (C=O) groups excluding carboxylic acids is 1. The second-order valence-corrected chi connectivity index (χ2v) is 3.07. The zero-order chi connectivity index (χ0) is 7.72. The minimum atomic E-state index is -0.583. The van der Waals surface area contributed by atoms with Gasteiger partial charge >= 0.3 is 4.87 Å². The molecule has 1 aromatic rings. The molecule has 0 spiro atoms. The van der Waals surface area contributed by atoms with Crippen LogP contribution in [-0.4, -0.2) is 10.2 Å². The summed E-state index contributed by atoms with van der Waals surface area (Å²) in [4.78, 5) is 23.6. The van der Waals surface area contributed by atoms with Crippen LogP contribution in [0.4, 0.5) is 0 Å². The summed E-state index contributed by atoms with van der Waals surface area (Å²) in [6, 6.07) is 0. The quantitative estimate of drug-likeness (QED) is 0.654. The SMILES string of the molecule is Cc1[nH]c(=O)sc1C(=O)Cl. The van der Waals surface area contributed by atoms with E-state index in [1.165, 1.54) is 0 Å². The first-order valence-electron chi connectivity index (χ1n) is 2.51. The van der Waals surface area contributed by atoms with E-state index < -0.39 is 5.24 Å². The first kappa shape index (κ1) is 7.50. The summed E-state index contributed by atoms with van der Waals surface area (Å²) in [5.41, 5.74) is 0.537. The molecule has 0 aliphatic carbocycles. The number of carbonyl (C=O) groups is 1. The van der Waals surface area contributed by atoms with E-state index >= 15 is 0 Å². The van der Waals surface area contributed by atoms with Crippen LogP contribution in [0.25, 0.3) is 0 Å². The Morgan fingerprint density at radius 2 is 2.30 bits per heavy atom.